The molecule has 5 heteroatoms. The lowest BCUT2D eigenvalue weighted by Gasteiger charge is -2.11. The normalized spacial score (nSPS) is 12.7. The smallest absolute Gasteiger partial charge is 0.161 e. The SMILES string of the molecule is OC(Cc1ccsc1)c1cc(F)c(F)cc1F. The standard InChI is InChI=1S/C12H9F3OS/c13-9-5-11(15)10(14)4-8(9)12(16)3-7-1-2-17-6-7/h1-2,4-6,12,16H,3H2. The summed E-state index contributed by atoms with van der Waals surface area (Å²) in [6.07, 6.45) is -1.01. The van der Waals surface area contributed by atoms with E-state index in [0.29, 0.717) is 12.1 Å². The average Bonchev–Trinajstić information content (AvgIpc) is 2.76. The Morgan fingerprint density at radius 3 is 2.47 bits per heavy atom. The highest BCUT2D eigenvalue weighted by molar-refractivity contribution is 7.07. The highest BCUT2D eigenvalue weighted by atomic mass is 32.1. The minimum absolute atomic E-state index is 0.172. The highest BCUT2D eigenvalue weighted by Gasteiger charge is 2.17. The maximum absolute atomic E-state index is 13.3. The van der Waals surface area contributed by atoms with E-state index in [1.807, 2.05) is 5.38 Å². The highest BCUT2D eigenvalue weighted by Crippen LogP contribution is 2.24. The third kappa shape index (κ3) is 2.68. The molecule has 0 amide bonds. The molecule has 1 aromatic carbocycles. The summed E-state index contributed by atoms with van der Waals surface area (Å²) in [5, 5.41) is 13.4. The number of halogens is 3. The Hall–Kier alpha value is -1.33. The topological polar surface area (TPSA) is 20.2 Å². The van der Waals surface area contributed by atoms with Crippen molar-refractivity contribution >= 4 is 11.3 Å². The lowest BCUT2D eigenvalue weighted by Crippen LogP contribution is -2.05. The van der Waals surface area contributed by atoms with Crippen LogP contribution in [-0.4, -0.2) is 5.11 Å². The van der Waals surface area contributed by atoms with Crippen LogP contribution in [-0.2, 0) is 6.42 Å². The van der Waals surface area contributed by atoms with Crippen LogP contribution >= 0.6 is 11.3 Å². The average molecular weight is 258 g/mol. The number of benzene rings is 1. The lowest BCUT2D eigenvalue weighted by atomic mass is 10.0. The number of rotatable bonds is 3. The Morgan fingerprint density at radius 2 is 1.82 bits per heavy atom. The number of hydrogen-bond acceptors (Lipinski definition) is 2. The first-order valence-corrected chi connectivity index (χ1v) is 5.86. The van der Waals surface area contributed by atoms with Crippen LogP contribution in [0.25, 0.3) is 0 Å². The van der Waals surface area contributed by atoms with Crippen LogP contribution in [0.4, 0.5) is 13.2 Å². The van der Waals surface area contributed by atoms with Crippen LogP contribution in [0.15, 0.2) is 29.0 Å². The summed E-state index contributed by atoms with van der Waals surface area (Å²) in [6.45, 7) is 0. The van der Waals surface area contributed by atoms with E-state index in [0.717, 1.165) is 5.56 Å². The second-order valence-corrected chi connectivity index (χ2v) is 4.42. The van der Waals surface area contributed by atoms with Gasteiger partial charge in [0.25, 0.3) is 0 Å². The van der Waals surface area contributed by atoms with Crippen LogP contribution in [0.2, 0.25) is 0 Å². The molecule has 0 spiro atoms. The number of thiophene rings is 1. The largest absolute Gasteiger partial charge is 0.388 e. The molecule has 0 aliphatic rings. The fourth-order valence-electron chi connectivity index (χ4n) is 1.54. The first kappa shape index (κ1) is 12.1. The zero-order valence-corrected chi connectivity index (χ0v) is 9.48. The molecule has 1 nitrogen and oxygen atoms in total. The Balaban J connectivity index is 2.24. The van der Waals surface area contributed by atoms with Crippen molar-refractivity contribution < 1.29 is 18.3 Å². The molecular formula is C12H9F3OS. The molecule has 0 radical (unpaired) electrons. The molecule has 0 bridgehead atoms. The molecule has 90 valence electrons. The van der Waals surface area contributed by atoms with Gasteiger partial charge in [-0.1, -0.05) is 0 Å². The molecule has 2 aromatic rings. The Bertz CT molecular complexity index is 511. The molecule has 1 unspecified atom stereocenters. The van der Waals surface area contributed by atoms with E-state index in [1.54, 1.807) is 11.4 Å². The van der Waals surface area contributed by atoms with E-state index in [-0.39, 0.29) is 12.0 Å². The molecule has 1 aromatic heterocycles. The van der Waals surface area contributed by atoms with Crippen molar-refractivity contribution in [3.63, 3.8) is 0 Å². The van der Waals surface area contributed by atoms with Crippen LogP contribution in [0, 0.1) is 17.5 Å². The Labute approximate surface area is 100 Å². The number of hydrogen-bond donors (Lipinski definition) is 1. The van der Waals surface area contributed by atoms with Gasteiger partial charge in [-0.25, -0.2) is 13.2 Å². The fraction of sp³-hybridized carbons (Fsp3) is 0.167. The van der Waals surface area contributed by atoms with E-state index in [1.165, 1.54) is 11.3 Å². The van der Waals surface area contributed by atoms with Gasteiger partial charge in [0.2, 0.25) is 0 Å². The molecule has 0 aliphatic heterocycles. The van der Waals surface area contributed by atoms with Gasteiger partial charge in [0, 0.05) is 18.1 Å². The van der Waals surface area contributed by atoms with Crippen molar-refractivity contribution in [3.05, 3.63) is 57.5 Å². The van der Waals surface area contributed by atoms with Crippen molar-refractivity contribution in [2.45, 2.75) is 12.5 Å². The quantitative estimate of drug-likeness (QED) is 0.836. The van der Waals surface area contributed by atoms with Gasteiger partial charge in [0.05, 0.1) is 6.10 Å². The zero-order chi connectivity index (χ0) is 12.4. The molecule has 0 saturated heterocycles. The predicted octanol–water partition coefficient (Wildman–Crippen LogP) is 3.44. The van der Waals surface area contributed by atoms with E-state index in [2.05, 4.69) is 0 Å². The molecule has 0 aliphatic carbocycles. The molecule has 1 N–H and O–H groups in total. The van der Waals surface area contributed by atoms with E-state index < -0.39 is 23.6 Å². The Morgan fingerprint density at radius 1 is 1.12 bits per heavy atom. The van der Waals surface area contributed by atoms with Gasteiger partial charge in [-0.3, -0.25) is 0 Å². The van der Waals surface area contributed by atoms with Crippen LogP contribution in [0.3, 0.4) is 0 Å². The van der Waals surface area contributed by atoms with Gasteiger partial charge in [0.15, 0.2) is 11.6 Å². The molecule has 2 rings (SSSR count). The van der Waals surface area contributed by atoms with Crippen LogP contribution < -0.4 is 0 Å². The number of aliphatic hydroxyl groups excluding tert-OH is 1. The second-order valence-electron chi connectivity index (χ2n) is 3.64. The zero-order valence-electron chi connectivity index (χ0n) is 8.66. The minimum Gasteiger partial charge on any atom is -0.388 e. The molecule has 0 fully saturated rings. The molecule has 1 atom stereocenters. The van der Waals surface area contributed by atoms with E-state index in [4.69, 9.17) is 0 Å². The van der Waals surface area contributed by atoms with Crippen molar-refractivity contribution in [3.8, 4) is 0 Å². The predicted molar refractivity (Wildman–Crippen MR) is 59.3 cm³/mol. The second kappa shape index (κ2) is 4.89. The summed E-state index contributed by atoms with van der Waals surface area (Å²) >= 11 is 1.45. The minimum atomic E-state index is -1.26. The van der Waals surface area contributed by atoms with Gasteiger partial charge in [-0.05, 0) is 28.5 Å². The maximum Gasteiger partial charge on any atom is 0.161 e. The third-order valence-electron chi connectivity index (χ3n) is 2.41. The summed E-state index contributed by atoms with van der Waals surface area (Å²) in [4.78, 5) is 0. The van der Waals surface area contributed by atoms with Gasteiger partial charge in [-0.15, -0.1) is 0 Å². The monoisotopic (exact) mass is 258 g/mol. The third-order valence-corrected chi connectivity index (χ3v) is 3.14. The van der Waals surface area contributed by atoms with Gasteiger partial charge < -0.3 is 5.11 Å². The van der Waals surface area contributed by atoms with Crippen molar-refractivity contribution in [2.75, 3.05) is 0 Å². The molecular weight excluding hydrogens is 249 g/mol. The first-order chi connectivity index (χ1) is 8.08. The van der Waals surface area contributed by atoms with Crippen molar-refractivity contribution in [1.29, 1.82) is 0 Å². The summed E-state index contributed by atoms with van der Waals surface area (Å²) in [5.74, 6) is -3.36. The fourth-order valence-corrected chi connectivity index (χ4v) is 2.22. The van der Waals surface area contributed by atoms with Gasteiger partial charge >= 0.3 is 0 Å². The van der Waals surface area contributed by atoms with E-state index in [9.17, 15) is 18.3 Å². The molecule has 1 heterocycles. The van der Waals surface area contributed by atoms with E-state index >= 15 is 0 Å². The summed E-state index contributed by atoms with van der Waals surface area (Å²) in [5.41, 5.74) is 0.599. The van der Waals surface area contributed by atoms with Crippen molar-refractivity contribution in [1.82, 2.24) is 0 Å². The first-order valence-electron chi connectivity index (χ1n) is 4.91. The maximum atomic E-state index is 13.3. The van der Waals surface area contributed by atoms with Gasteiger partial charge in [0.1, 0.15) is 5.82 Å². The van der Waals surface area contributed by atoms with Crippen LogP contribution in [0.5, 0.6) is 0 Å². The van der Waals surface area contributed by atoms with Crippen molar-refractivity contribution in [2.24, 2.45) is 0 Å². The molecule has 0 saturated carbocycles. The van der Waals surface area contributed by atoms with Crippen LogP contribution in [0.1, 0.15) is 17.2 Å². The summed E-state index contributed by atoms with van der Waals surface area (Å²) < 4.78 is 39.0. The molecule has 17 heavy (non-hydrogen) atoms. The van der Waals surface area contributed by atoms with Gasteiger partial charge in [-0.2, -0.15) is 11.3 Å². The summed E-state index contributed by atoms with van der Waals surface area (Å²) in [7, 11) is 0. The lowest BCUT2D eigenvalue weighted by molar-refractivity contribution is 0.173. The number of aliphatic hydroxyl groups is 1. The summed E-state index contributed by atoms with van der Waals surface area (Å²) in [6, 6.07) is 2.93. The Kier molecular flexibility index (Phi) is 3.49.